The molecule has 0 saturated heterocycles. The van der Waals surface area contributed by atoms with Crippen LogP contribution in [-0.2, 0) is 0 Å². The smallest absolute Gasteiger partial charge is 0.153 e. The molecule has 31 heavy (non-hydrogen) atoms. The fourth-order valence-corrected chi connectivity index (χ4v) is 2.71. The Bertz CT molecular complexity index is 975. The lowest BCUT2D eigenvalue weighted by Crippen LogP contribution is -1.87. The van der Waals surface area contributed by atoms with E-state index in [2.05, 4.69) is 33.8 Å². The highest BCUT2D eigenvalue weighted by Crippen LogP contribution is 2.25. The number of phenolic OH excluding ortho intramolecular Hbond substituents is 3. The number of aryl methyl sites for hydroxylation is 2. The van der Waals surface area contributed by atoms with Gasteiger partial charge in [-0.15, -0.1) is 0 Å². The average Bonchev–Trinajstić information content (AvgIpc) is 2.71. The van der Waals surface area contributed by atoms with Crippen LogP contribution in [0.25, 0.3) is 0 Å². The Morgan fingerprint density at radius 3 is 1.81 bits per heavy atom. The summed E-state index contributed by atoms with van der Waals surface area (Å²) in [7, 11) is 0. The van der Waals surface area contributed by atoms with E-state index in [4.69, 9.17) is 5.11 Å². The largest absolute Gasteiger partial charge is 0.508 e. The Labute approximate surface area is 185 Å². The molecule has 3 aromatic rings. The molecule has 0 amide bonds. The molecule has 0 aliphatic heterocycles. The average molecular weight is 423 g/mol. The molecule has 0 aliphatic carbocycles. The zero-order chi connectivity index (χ0) is 23.6. The van der Waals surface area contributed by atoms with E-state index in [1.54, 1.807) is 24.3 Å². The molecular formula is C27H34O4. The standard InChI is InChI=1S/2C10H14O.C7H6O2/c1-7(2)9-5-4-8(3)10(11)6-9;1-7(2)9-5-4-8(3)6-10(9)11;8-5-6-3-1-2-4-7(6)9/h2*4-7,11H,1-3H3;1-5,9H. The van der Waals surface area contributed by atoms with E-state index >= 15 is 0 Å². The first-order chi connectivity index (χ1) is 14.6. The number of carbonyl (C=O) groups is 1. The van der Waals surface area contributed by atoms with Crippen LogP contribution in [-0.4, -0.2) is 21.6 Å². The minimum atomic E-state index is 0.0347. The van der Waals surface area contributed by atoms with E-state index in [1.807, 2.05) is 38.1 Å². The number of rotatable bonds is 3. The Morgan fingerprint density at radius 1 is 0.710 bits per heavy atom. The number of aromatic hydroxyl groups is 3. The number of para-hydroxylation sites is 1. The molecule has 4 heteroatoms. The summed E-state index contributed by atoms with van der Waals surface area (Å²) in [6.07, 6.45) is 0.620. The highest BCUT2D eigenvalue weighted by Gasteiger charge is 2.04. The third-order valence-electron chi connectivity index (χ3n) is 4.77. The van der Waals surface area contributed by atoms with E-state index in [0.29, 0.717) is 35.2 Å². The molecule has 0 unspecified atom stereocenters. The van der Waals surface area contributed by atoms with Gasteiger partial charge in [0.15, 0.2) is 6.29 Å². The fraction of sp³-hybridized carbons (Fsp3) is 0.296. The van der Waals surface area contributed by atoms with E-state index in [1.165, 1.54) is 11.6 Å². The second kappa shape index (κ2) is 12.4. The molecule has 0 aliphatic rings. The van der Waals surface area contributed by atoms with Crippen LogP contribution in [0.2, 0.25) is 0 Å². The molecule has 4 nitrogen and oxygen atoms in total. The zero-order valence-corrected chi connectivity index (χ0v) is 19.3. The Kier molecular flexibility index (Phi) is 10.3. The van der Waals surface area contributed by atoms with Crippen molar-refractivity contribution in [2.45, 2.75) is 53.4 Å². The summed E-state index contributed by atoms with van der Waals surface area (Å²) < 4.78 is 0. The topological polar surface area (TPSA) is 77.8 Å². The lowest BCUT2D eigenvalue weighted by atomic mass is 10.0. The summed E-state index contributed by atoms with van der Waals surface area (Å²) in [5.74, 6) is 1.74. The van der Waals surface area contributed by atoms with Crippen LogP contribution < -0.4 is 0 Å². The predicted octanol–water partition coefficient (Wildman–Crippen LogP) is 6.85. The van der Waals surface area contributed by atoms with Gasteiger partial charge in [-0.2, -0.15) is 0 Å². The molecule has 166 valence electrons. The van der Waals surface area contributed by atoms with Crippen LogP contribution in [0.15, 0.2) is 60.7 Å². The van der Waals surface area contributed by atoms with Gasteiger partial charge in [-0.1, -0.05) is 64.1 Å². The Morgan fingerprint density at radius 2 is 1.35 bits per heavy atom. The molecule has 0 radical (unpaired) electrons. The van der Waals surface area contributed by atoms with Crippen LogP contribution in [0, 0.1) is 13.8 Å². The van der Waals surface area contributed by atoms with Crippen molar-refractivity contribution in [3.63, 3.8) is 0 Å². The van der Waals surface area contributed by atoms with Gasteiger partial charge in [-0.05, 0) is 72.2 Å². The van der Waals surface area contributed by atoms with Gasteiger partial charge in [-0.25, -0.2) is 0 Å². The van der Waals surface area contributed by atoms with Crippen LogP contribution in [0.4, 0.5) is 0 Å². The first-order valence-electron chi connectivity index (χ1n) is 10.4. The summed E-state index contributed by atoms with van der Waals surface area (Å²) in [5, 5.41) is 27.7. The molecular weight excluding hydrogens is 388 g/mol. The van der Waals surface area contributed by atoms with Gasteiger partial charge in [0.1, 0.15) is 17.2 Å². The molecule has 0 saturated carbocycles. The van der Waals surface area contributed by atoms with Gasteiger partial charge < -0.3 is 15.3 Å². The summed E-state index contributed by atoms with van der Waals surface area (Å²) in [6.45, 7) is 12.3. The van der Waals surface area contributed by atoms with Crippen molar-refractivity contribution in [1.29, 1.82) is 0 Å². The zero-order valence-electron chi connectivity index (χ0n) is 19.3. The molecule has 3 N–H and O–H groups in total. The fourth-order valence-electron chi connectivity index (χ4n) is 2.71. The van der Waals surface area contributed by atoms with E-state index in [0.717, 1.165) is 16.7 Å². The van der Waals surface area contributed by atoms with Crippen molar-refractivity contribution in [3.05, 3.63) is 88.5 Å². The first-order valence-corrected chi connectivity index (χ1v) is 10.4. The van der Waals surface area contributed by atoms with Gasteiger partial charge in [0.2, 0.25) is 0 Å². The number of aldehydes is 1. The number of carbonyl (C=O) groups excluding carboxylic acids is 1. The number of hydrogen-bond acceptors (Lipinski definition) is 4. The molecule has 0 atom stereocenters. The molecule has 0 aromatic heterocycles. The van der Waals surface area contributed by atoms with Gasteiger partial charge in [0, 0.05) is 0 Å². The van der Waals surface area contributed by atoms with Crippen molar-refractivity contribution in [2.24, 2.45) is 0 Å². The van der Waals surface area contributed by atoms with Gasteiger partial charge in [-0.3, -0.25) is 4.79 Å². The number of phenols is 3. The van der Waals surface area contributed by atoms with Crippen molar-refractivity contribution in [2.75, 3.05) is 0 Å². The SMILES string of the molecule is Cc1ccc(C(C)C)c(O)c1.Cc1ccc(C(C)C)cc1O.O=Cc1ccccc1O. The normalized spacial score (nSPS) is 10.1. The number of benzene rings is 3. The maximum atomic E-state index is 10.1. The maximum absolute atomic E-state index is 10.1. The lowest BCUT2D eigenvalue weighted by Gasteiger charge is -2.07. The van der Waals surface area contributed by atoms with Crippen LogP contribution in [0.3, 0.4) is 0 Å². The molecule has 0 fully saturated rings. The molecule has 3 aromatic carbocycles. The van der Waals surface area contributed by atoms with Crippen LogP contribution in [0.5, 0.6) is 17.2 Å². The minimum Gasteiger partial charge on any atom is -0.508 e. The third-order valence-corrected chi connectivity index (χ3v) is 4.77. The minimum absolute atomic E-state index is 0.0347. The van der Waals surface area contributed by atoms with Crippen molar-refractivity contribution >= 4 is 6.29 Å². The highest BCUT2D eigenvalue weighted by atomic mass is 16.3. The summed E-state index contributed by atoms with van der Waals surface area (Å²) in [4.78, 5) is 10.1. The van der Waals surface area contributed by atoms with Crippen LogP contribution >= 0.6 is 0 Å². The van der Waals surface area contributed by atoms with Crippen molar-refractivity contribution < 1.29 is 20.1 Å². The van der Waals surface area contributed by atoms with Crippen molar-refractivity contribution in [1.82, 2.24) is 0 Å². The van der Waals surface area contributed by atoms with Gasteiger partial charge >= 0.3 is 0 Å². The molecule has 3 rings (SSSR count). The Balaban J connectivity index is 0.000000234. The van der Waals surface area contributed by atoms with Crippen LogP contribution in [0.1, 0.15) is 72.1 Å². The first kappa shape index (κ1) is 25.8. The van der Waals surface area contributed by atoms with E-state index in [-0.39, 0.29) is 5.75 Å². The Hall–Kier alpha value is -3.27. The second-order valence-electron chi connectivity index (χ2n) is 8.09. The third kappa shape index (κ3) is 8.55. The summed E-state index contributed by atoms with van der Waals surface area (Å²) in [5.41, 5.74) is 4.59. The highest BCUT2D eigenvalue weighted by molar-refractivity contribution is 5.78. The molecule has 0 heterocycles. The molecule has 0 bridgehead atoms. The van der Waals surface area contributed by atoms with Gasteiger partial charge in [0.25, 0.3) is 0 Å². The lowest BCUT2D eigenvalue weighted by molar-refractivity contribution is 0.112. The quantitative estimate of drug-likeness (QED) is 0.403. The monoisotopic (exact) mass is 422 g/mol. The van der Waals surface area contributed by atoms with E-state index in [9.17, 15) is 15.0 Å². The summed E-state index contributed by atoms with van der Waals surface area (Å²) in [6, 6.07) is 18.0. The van der Waals surface area contributed by atoms with Gasteiger partial charge in [0.05, 0.1) is 5.56 Å². The second-order valence-corrected chi connectivity index (χ2v) is 8.09. The predicted molar refractivity (Wildman–Crippen MR) is 127 cm³/mol. The van der Waals surface area contributed by atoms with E-state index < -0.39 is 0 Å². The summed E-state index contributed by atoms with van der Waals surface area (Å²) >= 11 is 0. The number of hydrogen-bond donors (Lipinski definition) is 3. The molecule has 0 spiro atoms. The maximum Gasteiger partial charge on any atom is 0.153 e. The van der Waals surface area contributed by atoms with Crippen molar-refractivity contribution in [3.8, 4) is 17.2 Å².